The minimum atomic E-state index is -0.333. The van der Waals surface area contributed by atoms with Crippen molar-refractivity contribution in [3.8, 4) is 11.5 Å². The van der Waals surface area contributed by atoms with Crippen LogP contribution in [0.15, 0.2) is 66.7 Å². The monoisotopic (exact) mass is 540 g/mol. The van der Waals surface area contributed by atoms with Crippen molar-refractivity contribution in [1.82, 2.24) is 9.88 Å². The third-order valence-electron chi connectivity index (χ3n) is 7.91. The fourth-order valence-corrected chi connectivity index (χ4v) is 5.57. The Morgan fingerprint density at radius 1 is 1.00 bits per heavy atom. The lowest BCUT2D eigenvalue weighted by atomic mass is 9.95. The number of benzene rings is 3. The number of halogens is 1. The van der Waals surface area contributed by atoms with Crippen molar-refractivity contribution in [1.29, 1.82) is 0 Å². The summed E-state index contributed by atoms with van der Waals surface area (Å²) in [6, 6.07) is 20.6. The van der Waals surface area contributed by atoms with Crippen molar-refractivity contribution in [3.63, 3.8) is 0 Å². The molecule has 7 heteroatoms. The van der Waals surface area contributed by atoms with Crippen LogP contribution in [0.1, 0.15) is 40.8 Å². The number of hydrogen-bond acceptors (Lipinski definition) is 5. The van der Waals surface area contributed by atoms with E-state index in [0.717, 1.165) is 53.9 Å². The van der Waals surface area contributed by atoms with Gasteiger partial charge < -0.3 is 19.1 Å². The number of hydrogen-bond donors (Lipinski definition) is 0. The lowest BCUT2D eigenvalue weighted by Crippen LogP contribution is -2.41. The van der Waals surface area contributed by atoms with E-state index in [1.807, 2.05) is 54.3 Å². The highest BCUT2D eigenvalue weighted by Gasteiger charge is 2.29. The van der Waals surface area contributed by atoms with Gasteiger partial charge in [0, 0.05) is 43.2 Å². The van der Waals surface area contributed by atoms with Crippen LogP contribution < -0.4 is 9.47 Å². The molecule has 3 heterocycles. The predicted molar refractivity (Wildman–Crippen MR) is 151 cm³/mol. The normalized spacial score (nSPS) is 15.6. The number of pyridine rings is 1. The van der Waals surface area contributed by atoms with Crippen LogP contribution >= 0.6 is 0 Å². The maximum absolute atomic E-state index is 14.2. The lowest BCUT2D eigenvalue weighted by Gasteiger charge is -2.33. The third kappa shape index (κ3) is 5.65. The summed E-state index contributed by atoms with van der Waals surface area (Å²) in [5.41, 5.74) is 5.61. The minimum Gasteiger partial charge on any atom is -0.488 e. The molecule has 4 aromatic rings. The second-order valence-electron chi connectivity index (χ2n) is 10.6. The Morgan fingerprint density at radius 3 is 2.65 bits per heavy atom. The maximum Gasteiger partial charge on any atom is 0.226 e. The molecule has 0 spiro atoms. The van der Waals surface area contributed by atoms with Gasteiger partial charge in [0.15, 0.2) is 0 Å². The number of fused-ring (bicyclic) bond motifs is 2. The molecule has 0 atom stereocenters. The highest BCUT2D eigenvalue weighted by Crippen LogP contribution is 2.33. The fourth-order valence-electron chi connectivity index (χ4n) is 5.57. The average molecular weight is 541 g/mol. The van der Waals surface area contributed by atoms with Gasteiger partial charge in [-0.15, -0.1) is 0 Å². The van der Waals surface area contributed by atoms with E-state index < -0.39 is 0 Å². The Labute approximate surface area is 233 Å². The van der Waals surface area contributed by atoms with Gasteiger partial charge >= 0.3 is 0 Å². The Morgan fingerprint density at radius 2 is 1.82 bits per heavy atom. The summed E-state index contributed by atoms with van der Waals surface area (Å²) < 4.78 is 32.1. The fraction of sp³-hybridized carbons (Fsp3) is 0.333. The van der Waals surface area contributed by atoms with Gasteiger partial charge in [-0.25, -0.2) is 9.37 Å². The van der Waals surface area contributed by atoms with E-state index in [2.05, 4.69) is 6.07 Å². The van der Waals surface area contributed by atoms with Gasteiger partial charge in [0.05, 0.1) is 11.2 Å². The van der Waals surface area contributed by atoms with Crippen molar-refractivity contribution in [2.24, 2.45) is 5.92 Å². The number of carbonyl (C=O) groups is 1. The first kappa shape index (κ1) is 26.3. The van der Waals surface area contributed by atoms with Gasteiger partial charge in [-0.05, 0) is 73.2 Å². The van der Waals surface area contributed by atoms with Gasteiger partial charge in [0.25, 0.3) is 0 Å². The molecule has 40 heavy (non-hydrogen) atoms. The van der Waals surface area contributed by atoms with Crippen LogP contribution in [0.5, 0.6) is 11.5 Å². The second-order valence-corrected chi connectivity index (χ2v) is 10.6. The van der Waals surface area contributed by atoms with Crippen molar-refractivity contribution in [2.45, 2.75) is 45.9 Å². The highest BCUT2D eigenvalue weighted by atomic mass is 19.1. The zero-order chi connectivity index (χ0) is 27.5. The van der Waals surface area contributed by atoms with Crippen LogP contribution in [0.2, 0.25) is 0 Å². The molecule has 1 amide bonds. The first-order chi connectivity index (χ1) is 19.5. The summed E-state index contributed by atoms with van der Waals surface area (Å²) in [5.74, 6) is 1.30. The summed E-state index contributed by atoms with van der Waals surface area (Å²) in [7, 11) is 0. The molecular formula is C33H33FN2O4. The largest absolute Gasteiger partial charge is 0.488 e. The highest BCUT2D eigenvalue weighted by molar-refractivity contribution is 5.87. The topological polar surface area (TPSA) is 60.9 Å². The van der Waals surface area contributed by atoms with Crippen molar-refractivity contribution < 1.29 is 23.4 Å². The lowest BCUT2D eigenvalue weighted by molar-refractivity contribution is -0.139. The van der Waals surface area contributed by atoms with Crippen LogP contribution in [0.25, 0.3) is 10.9 Å². The molecule has 6 nitrogen and oxygen atoms in total. The van der Waals surface area contributed by atoms with Gasteiger partial charge in [-0.1, -0.05) is 36.4 Å². The number of aromatic nitrogens is 1. The number of amides is 1. The van der Waals surface area contributed by atoms with Crippen molar-refractivity contribution in [3.05, 3.63) is 100 Å². The summed E-state index contributed by atoms with van der Waals surface area (Å²) in [5, 5.41) is 0.639. The van der Waals surface area contributed by atoms with Crippen LogP contribution in [-0.2, 0) is 35.7 Å². The Hall–Kier alpha value is -3.97. The molecule has 0 saturated carbocycles. The summed E-state index contributed by atoms with van der Waals surface area (Å²) in [6.45, 7) is 5.21. The van der Waals surface area contributed by atoms with Gasteiger partial charge in [0.2, 0.25) is 5.91 Å². The summed E-state index contributed by atoms with van der Waals surface area (Å²) >= 11 is 0. The van der Waals surface area contributed by atoms with E-state index in [-0.39, 0.29) is 24.2 Å². The van der Waals surface area contributed by atoms with E-state index in [4.69, 9.17) is 19.2 Å². The molecule has 6 rings (SSSR count). The molecule has 0 N–H and O–H groups in total. The zero-order valence-corrected chi connectivity index (χ0v) is 22.7. The molecule has 3 aromatic carbocycles. The number of rotatable bonds is 7. The number of carbonyl (C=O) groups excluding carboxylic acids is 1. The maximum atomic E-state index is 14.2. The Bertz CT molecular complexity index is 1520. The van der Waals surface area contributed by atoms with Gasteiger partial charge in [0.1, 0.15) is 30.5 Å². The van der Waals surface area contributed by atoms with E-state index in [0.29, 0.717) is 43.0 Å². The van der Waals surface area contributed by atoms with Crippen LogP contribution in [-0.4, -0.2) is 35.5 Å². The average Bonchev–Trinajstić information content (AvgIpc) is 3.00. The van der Waals surface area contributed by atoms with E-state index in [1.165, 1.54) is 17.7 Å². The first-order valence-electron chi connectivity index (χ1n) is 13.9. The number of ether oxygens (including phenoxy) is 3. The zero-order valence-electron chi connectivity index (χ0n) is 22.7. The van der Waals surface area contributed by atoms with Crippen LogP contribution in [0.3, 0.4) is 0 Å². The van der Waals surface area contributed by atoms with E-state index in [1.54, 1.807) is 6.07 Å². The minimum absolute atomic E-state index is 0.0588. The molecule has 2 aliphatic heterocycles. The van der Waals surface area contributed by atoms with Crippen molar-refractivity contribution >= 4 is 16.8 Å². The Kier molecular flexibility index (Phi) is 7.64. The molecule has 0 bridgehead atoms. The molecular weight excluding hydrogens is 507 g/mol. The Balaban J connectivity index is 1.20. The smallest absolute Gasteiger partial charge is 0.226 e. The number of nitrogens with zero attached hydrogens (tertiary/aromatic N) is 2. The van der Waals surface area contributed by atoms with Crippen LogP contribution in [0, 0.1) is 18.7 Å². The molecule has 0 aliphatic carbocycles. The molecule has 2 aliphatic rings. The SMILES string of the molecule is Cc1c(COc2ccc3c(c2)CN(C(=O)C2CCOCC2)CC3)nc2ccc(F)cc2c1OCc1ccccc1. The molecule has 1 fully saturated rings. The molecule has 1 aromatic heterocycles. The molecule has 0 radical (unpaired) electrons. The quantitative estimate of drug-likeness (QED) is 0.281. The van der Waals surface area contributed by atoms with Crippen LogP contribution in [0.4, 0.5) is 4.39 Å². The predicted octanol–water partition coefficient (Wildman–Crippen LogP) is 6.15. The molecule has 1 saturated heterocycles. The molecule has 206 valence electrons. The summed E-state index contributed by atoms with van der Waals surface area (Å²) in [4.78, 5) is 19.9. The van der Waals surface area contributed by atoms with E-state index >= 15 is 0 Å². The van der Waals surface area contributed by atoms with Crippen molar-refractivity contribution in [2.75, 3.05) is 19.8 Å². The standard InChI is InChI=1S/C33H33FN2O4/c1-22-31(35-30-10-8-27(34)18-29(30)32(22)40-20-23-5-3-2-4-6-23)21-39-28-9-7-24-11-14-36(19-26(24)17-28)33(37)25-12-15-38-16-13-25/h2-10,17-18,25H,11-16,19-21H2,1H3. The van der Waals surface area contributed by atoms with Gasteiger partial charge in [-0.2, -0.15) is 0 Å². The van der Waals surface area contributed by atoms with Gasteiger partial charge in [-0.3, -0.25) is 4.79 Å². The summed E-state index contributed by atoms with van der Waals surface area (Å²) in [6.07, 6.45) is 2.44. The first-order valence-corrected chi connectivity index (χ1v) is 13.9. The molecule has 0 unspecified atom stereocenters. The third-order valence-corrected chi connectivity index (χ3v) is 7.91. The van der Waals surface area contributed by atoms with E-state index in [9.17, 15) is 9.18 Å². The second kappa shape index (κ2) is 11.6.